The fourth-order valence-corrected chi connectivity index (χ4v) is 6.92. The number of nitrogens with zero attached hydrogens (tertiary/aromatic N) is 2. The predicted molar refractivity (Wildman–Crippen MR) is 187 cm³/mol. The summed E-state index contributed by atoms with van der Waals surface area (Å²) in [7, 11) is -0.438. The molecule has 6 aromatic rings. The van der Waals surface area contributed by atoms with Crippen LogP contribution in [0.25, 0.3) is 43.5 Å². The summed E-state index contributed by atoms with van der Waals surface area (Å²) in [5, 5.41) is 2.19. The molecule has 0 spiro atoms. The van der Waals surface area contributed by atoms with Crippen LogP contribution < -0.4 is 10.2 Å². The Morgan fingerprint density at radius 1 is 0.630 bits per heavy atom. The van der Waals surface area contributed by atoms with Crippen molar-refractivity contribution < 1.29 is 14.0 Å². The van der Waals surface area contributed by atoms with Crippen molar-refractivity contribution in [3.63, 3.8) is 0 Å². The summed E-state index contributed by atoms with van der Waals surface area (Å²) in [6.07, 6.45) is 0. The molecule has 1 aromatic heterocycles. The lowest BCUT2D eigenvalue weighted by atomic mass is 9.71. The highest BCUT2D eigenvalue weighted by molar-refractivity contribution is 6.62. The largest absolute Gasteiger partial charge is 0.494 e. The van der Waals surface area contributed by atoms with E-state index in [1.807, 2.05) is 24.3 Å². The van der Waals surface area contributed by atoms with Crippen LogP contribution in [0.2, 0.25) is 0 Å². The van der Waals surface area contributed by atoms with E-state index < -0.39 is 18.3 Å². The maximum atomic E-state index is 7.64. The van der Waals surface area contributed by atoms with Gasteiger partial charge in [-0.15, -0.1) is 0 Å². The monoisotopic (exact) mass is 602 g/mol. The average molecular weight is 603 g/mol. The highest BCUT2D eigenvalue weighted by atomic mass is 16.7. The molecule has 1 saturated heterocycles. The second-order valence-electron chi connectivity index (χ2n) is 14.0. The number of benzene rings is 5. The molecule has 0 aliphatic carbocycles. The highest BCUT2D eigenvalue weighted by Crippen LogP contribution is 2.49. The minimum Gasteiger partial charge on any atom is -0.457 e. The molecule has 8 rings (SSSR count). The van der Waals surface area contributed by atoms with Crippen LogP contribution in [-0.4, -0.2) is 22.9 Å². The molecule has 0 bridgehead atoms. The SMILES string of the molecule is [C-]#[N+]c1ccc2c(c1)c1cc(-c3ccc4c(c3)C(C)(C)c3cc(B5OC(C)(C)C(C)(C)O5)ccc3O4)ccc1n2-c1ccccc1. The van der Waals surface area contributed by atoms with Crippen molar-refractivity contribution in [2.24, 2.45) is 0 Å². The van der Waals surface area contributed by atoms with Gasteiger partial charge in [-0.2, -0.15) is 0 Å². The lowest BCUT2D eigenvalue weighted by Crippen LogP contribution is -2.41. The van der Waals surface area contributed by atoms with Crippen LogP contribution in [-0.2, 0) is 14.7 Å². The first kappa shape index (κ1) is 28.6. The minimum atomic E-state index is -0.438. The van der Waals surface area contributed by atoms with E-state index in [2.05, 4.69) is 130 Å². The Bertz CT molecular complexity index is 2230. The third kappa shape index (κ3) is 4.23. The van der Waals surface area contributed by atoms with Crippen molar-refractivity contribution in [2.45, 2.75) is 58.2 Å². The molecule has 0 radical (unpaired) electrons. The topological polar surface area (TPSA) is 37.0 Å². The van der Waals surface area contributed by atoms with E-state index >= 15 is 0 Å². The lowest BCUT2D eigenvalue weighted by molar-refractivity contribution is 0.00578. The van der Waals surface area contributed by atoms with Gasteiger partial charge in [0.05, 0.1) is 28.8 Å². The molecular weight excluding hydrogens is 567 g/mol. The molecule has 0 atom stereocenters. The van der Waals surface area contributed by atoms with Crippen LogP contribution in [0.15, 0.2) is 103 Å². The number of para-hydroxylation sites is 1. The van der Waals surface area contributed by atoms with Gasteiger partial charge in [-0.3, -0.25) is 0 Å². The summed E-state index contributed by atoms with van der Waals surface area (Å²) in [4.78, 5) is 3.73. The fourth-order valence-electron chi connectivity index (χ4n) is 6.92. The standard InChI is InChI=1S/C40H35BN2O3/c1-38(2)32-22-26(14-19-36(32)44-37-20-15-27(23-33(37)38)41-45-39(3,4)40(5,6)46-41)25-13-17-34-30(21-25)31-24-28(42-7)16-18-35(31)43(34)29-11-9-8-10-12-29/h8-24H,1-6H3. The average Bonchev–Trinajstić information content (AvgIpc) is 3.49. The van der Waals surface area contributed by atoms with Crippen LogP contribution in [0.5, 0.6) is 11.5 Å². The van der Waals surface area contributed by atoms with E-state index in [0.717, 1.165) is 66.7 Å². The van der Waals surface area contributed by atoms with Crippen LogP contribution in [0.4, 0.5) is 5.69 Å². The smallest absolute Gasteiger partial charge is 0.457 e. The Hall–Kier alpha value is -4.83. The van der Waals surface area contributed by atoms with Gasteiger partial charge in [0.1, 0.15) is 11.5 Å². The van der Waals surface area contributed by atoms with Gasteiger partial charge in [0.25, 0.3) is 0 Å². The number of hydrogen-bond donors (Lipinski definition) is 0. The molecule has 3 heterocycles. The van der Waals surface area contributed by atoms with E-state index in [-0.39, 0.29) is 5.41 Å². The molecule has 0 N–H and O–H groups in total. The first-order valence-corrected chi connectivity index (χ1v) is 15.8. The number of fused-ring (bicyclic) bond motifs is 5. The molecule has 46 heavy (non-hydrogen) atoms. The summed E-state index contributed by atoms with van der Waals surface area (Å²) in [5.41, 5.74) is 8.24. The first-order chi connectivity index (χ1) is 22.0. The van der Waals surface area contributed by atoms with Gasteiger partial charge in [0.15, 0.2) is 5.69 Å². The third-order valence-electron chi connectivity index (χ3n) is 10.3. The lowest BCUT2D eigenvalue weighted by Gasteiger charge is -2.35. The van der Waals surface area contributed by atoms with Crippen molar-refractivity contribution in [2.75, 3.05) is 0 Å². The summed E-state index contributed by atoms with van der Waals surface area (Å²) >= 11 is 0. The molecule has 1 fully saturated rings. The van der Waals surface area contributed by atoms with Crippen LogP contribution in [0.3, 0.4) is 0 Å². The van der Waals surface area contributed by atoms with Gasteiger partial charge in [0, 0.05) is 27.6 Å². The number of rotatable bonds is 3. The van der Waals surface area contributed by atoms with Crippen LogP contribution in [0, 0.1) is 6.57 Å². The zero-order valence-corrected chi connectivity index (χ0v) is 27.0. The number of hydrogen-bond acceptors (Lipinski definition) is 3. The van der Waals surface area contributed by atoms with E-state index in [9.17, 15) is 0 Å². The summed E-state index contributed by atoms with van der Waals surface area (Å²) in [6.45, 7) is 20.5. The van der Waals surface area contributed by atoms with Gasteiger partial charge in [0.2, 0.25) is 0 Å². The second kappa shape index (κ2) is 9.84. The predicted octanol–water partition coefficient (Wildman–Crippen LogP) is 9.73. The quantitative estimate of drug-likeness (QED) is 0.150. The molecule has 0 amide bonds. The van der Waals surface area contributed by atoms with Gasteiger partial charge < -0.3 is 18.6 Å². The molecule has 2 aliphatic rings. The number of aromatic nitrogens is 1. The Kier molecular flexibility index (Phi) is 6.12. The minimum absolute atomic E-state index is 0.323. The van der Waals surface area contributed by atoms with Crippen molar-refractivity contribution in [3.8, 4) is 28.3 Å². The fraction of sp³-hybridized carbons (Fsp3) is 0.225. The zero-order chi connectivity index (χ0) is 32.0. The van der Waals surface area contributed by atoms with E-state index in [1.54, 1.807) is 0 Å². The van der Waals surface area contributed by atoms with Crippen molar-refractivity contribution >= 4 is 40.1 Å². The molecule has 5 aromatic carbocycles. The molecule has 226 valence electrons. The van der Waals surface area contributed by atoms with Gasteiger partial charge in [-0.25, -0.2) is 4.85 Å². The summed E-state index contributed by atoms with van der Waals surface area (Å²) in [6, 6.07) is 35.8. The Morgan fingerprint density at radius 3 is 1.91 bits per heavy atom. The first-order valence-electron chi connectivity index (χ1n) is 15.8. The molecule has 6 heteroatoms. The Balaban J connectivity index is 1.22. The van der Waals surface area contributed by atoms with E-state index in [4.69, 9.17) is 20.6 Å². The van der Waals surface area contributed by atoms with Gasteiger partial charge in [-0.05, 0) is 104 Å². The summed E-state index contributed by atoms with van der Waals surface area (Å²) < 4.78 is 21.5. The molecule has 5 nitrogen and oxygen atoms in total. The highest BCUT2D eigenvalue weighted by Gasteiger charge is 2.52. The zero-order valence-electron chi connectivity index (χ0n) is 27.0. The van der Waals surface area contributed by atoms with Crippen LogP contribution >= 0.6 is 0 Å². The summed E-state index contributed by atoms with van der Waals surface area (Å²) in [5.74, 6) is 1.73. The van der Waals surface area contributed by atoms with E-state index in [0.29, 0.717) is 5.69 Å². The Morgan fingerprint density at radius 2 is 1.22 bits per heavy atom. The maximum Gasteiger partial charge on any atom is 0.494 e. The van der Waals surface area contributed by atoms with Crippen molar-refractivity contribution in [3.05, 3.63) is 126 Å². The molecule has 0 unspecified atom stereocenters. The Labute approximate surface area is 270 Å². The van der Waals surface area contributed by atoms with Gasteiger partial charge >= 0.3 is 7.12 Å². The maximum absolute atomic E-state index is 7.64. The van der Waals surface area contributed by atoms with Crippen molar-refractivity contribution in [1.29, 1.82) is 0 Å². The van der Waals surface area contributed by atoms with Crippen molar-refractivity contribution in [1.82, 2.24) is 4.57 Å². The third-order valence-corrected chi connectivity index (χ3v) is 10.3. The normalized spacial score (nSPS) is 17.4. The second-order valence-corrected chi connectivity index (χ2v) is 14.0. The molecule has 2 aliphatic heterocycles. The molecular formula is C40H35BN2O3. The van der Waals surface area contributed by atoms with Crippen LogP contribution in [0.1, 0.15) is 52.7 Å². The number of ether oxygens (including phenoxy) is 1. The van der Waals surface area contributed by atoms with Gasteiger partial charge in [-0.1, -0.05) is 62.4 Å². The van der Waals surface area contributed by atoms with E-state index in [1.165, 1.54) is 0 Å². The molecule has 0 saturated carbocycles.